The maximum Gasteiger partial charge on any atom is 0.225 e. The molecule has 1 aliphatic rings. The molecule has 0 saturated heterocycles. The largest absolute Gasteiger partial charge is 0.395 e. The zero-order valence-corrected chi connectivity index (χ0v) is 11.1. The molecular weight excluding hydrogens is 216 g/mol. The van der Waals surface area contributed by atoms with Gasteiger partial charge in [0.25, 0.3) is 0 Å². The van der Waals surface area contributed by atoms with E-state index in [2.05, 4.69) is 6.92 Å². The first kappa shape index (κ1) is 14.5. The summed E-state index contributed by atoms with van der Waals surface area (Å²) in [4.78, 5) is 14.1. The molecule has 17 heavy (non-hydrogen) atoms. The molecule has 0 bridgehead atoms. The van der Waals surface area contributed by atoms with Crippen LogP contribution >= 0.6 is 0 Å². The smallest absolute Gasteiger partial charge is 0.225 e. The van der Waals surface area contributed by atoms with Crippen LogP contribution in [0.3, 0.4) is 0 Å². The predicted octanol–water partition coefficient (Wildman–Crippen LogP) is 0.981. The average Bonchev–Trinajstić information content (AvgIpc) is 2.26. The van der Waals surface area contributed by atoms with Gasteiger partial charge in [0.15, 0.2) is 0 Å². The summed E-state index contributed by atoms with van der Waals surface area (Å²) < 4.78 is 0. The van der Waals surface area contributed by atoms with Crippen molar-refractivity contribution in [3.05, 3.63) is 0 Å². The van der Waals surface area contributed by atoms with E-state index >= 15 is 0 Å². The van der Waals surface area contributed by atoms with Crippen LogP contribution in [0.5, 0.6) is 0 Å². The number of carbonyl (C=O) groups is 1. The van der Waals surface area contributed by atoms with E-state index in [1.54, 1.807) is 4.90 Å². The van der Waals surface area contributed by atoms with E-state index < -0.39 is 0 Å². The Hall–Kier alpha value is -0.610. The number of carbonyl (C=O) groups excluding carboxylic acids is 1. The second-order valence-corrected chi connectivity index (χ2v) is 5.32. The van der Waals surface area contributed by atoms with Crippen LogP contribution in [0.1, 0.15) is 39.5 Å². The molecule has 1 amide bonds. The molecule has 1 saturated carbocycles. The Labute approximate surface area is 104 Å². The van der Waals surface area contributed by atoms with Gasteiger partial charge in [-0.3, -0.25) is 4.79 Å². The van der Waals surface area contributed by atoms with E-state index in [0.29, 0.717) is 12.5 Å². The molecular formula is C13H26N2O2. The van der Waals surface area contributed by atoms with Gasteiger partial charge in [0.2, 0.25) is 5.91 Å². The molecule has 0 radical (unpaired) electrons. The van der Waals surface area contributed by atoms with E-state index in [1.807, 2.05) is 6.92 Å². The maximum absolute atomic E-state index is 12.3. The molecule has 0 aromatic heterocycles. The Kier molecular flexibility index (Phi) is 5.92. The quantitative estimate of drug-likeness (QED) is 0.755. The summed E-state index contributed by atoms with van der Waals surface area (Å²) in [7, 11) is 0. The number of amides is 1. The van der Waals surface area contributed by atoms with Crippen LogP contribution < -0.4 is 5.73 Å². The highest BCUT2D eigenvalue weighted by Gasteiger charge is 2.31. The molecule has 3 N–H and O–H groups in total. The first-order valence-electron chi connectivity index (χ1n) is 6.73. The minimum absolute atomic E-state index is 0.0417. The third kappa shape index (κ3) is 4.28. The average molecular weight is 242 g/mol. The Morgan fingerprint density at radius 3 is 2.59 bits per heavy atom. The Morgan fingerprint density at radius 2 is 2.06 bits per heavy atom. The van der Waals surface area contributed by atoms with Crippen LogP contribution in [0.4, 0.5) is 0 Å². The molecule has 1 rings (SSSR count). The van der Waals surface area contributed by atoms with Crippen molar-refractivity contribution in [1.29, 1.82) is 0 Å². The number of aliphatic hydroxyl groups is 1. The highest BCUT2D eigenvalue weighted by molar-refractivity contribution is 5.79. The molecule has 0 spiro atoms. The lowest BCUT2D eigenvalue weighted by Crippen LogP contribution is -2.43. The van der Waals surface area contributed by atoms with E-state index in [1.165, 1.54) is 0 Å². The van der Waals surface area contributed by atoms with Crippen molar-refractivity contribution in [2.75, 3.05) is 19.7 Å². The number of aliphatic hydroxyl groups excluding tert-OH is 1. The summed E-state index contributed by atoms with van der Waals surface area (Å²) in [6.45, 7) is 5.44. The van der Waals surface area contributed by atoms with Crippen molar-refractivity contribution < 1.29 is 9.90 Å². The van der Waals surface area contributed by atoms with Crippen LogP contribution in [-0.4, -0.2) is 41.7 Å². The van der Waals surface area contributed by atoms with Gasteiger partial charge in [-0.05, 0) is 31.6 Å². The van der Waals surface area contributed by atoms with Crippen LogP contribution in [-0.2, 0) is 4.79 Å². The van der Waals surface area contributed by atoms with Crippen molar-refractivity contribution in [2.45, 2.75) is 45.6 Å². The van der Waals surface area contributed by atoms with Gasteiger partial charge in [-0.25, -0.2) is 0 Å². The zero-order valence-electron chi connectivity index (χ0n) is 11.1. The molecule has 4 heteroatoms. The second-order valence-electron chi connectivity index (χ2n) is 5.32. The van der Waals surface area contributed by atoms with E-state index in [-0.39, 0.29) is 24.5 Å². The SMILES string of the molecule is CCCN(CCO)C(=O)C1CC(C)CC(N)C1. The zero-order chi connectivity index (χ0) is 12.8. The summed E-state index contributed by atoms with van der Waals surface area (Å²) in [5.41, 5.74) is 5.98. The first-order chi connectivity index (χ1) is 8.08. The standard InChI is InChI=1S/C13H26N2O2/c1-3-4-15(5-6-16)13(17)11-7-10(2)8-12(14)9-11/h10-12,16H,3-9,14H2,1-2H3. The molecule has 0 heterocycles. The third-order valence-corrected chi connectivity index (χ3v) is 3.50. The highest BCUT2D eigenvalue weighted by atomic mass is 16.3. The second kappa shape index (κ2) is 6.97. The molecule has 100 valence electrons. The summed E-state index contributed by atoms with van der Waals surface area (Å²) >= 11 is 0. The van der Waals surface area contributed by atoms with Crippen LogP contribution in [0.15, 0.2) is 0 Å². The fraction of sp³-hybridized carbons (Fsp3) is 0.923. The van der Waals surface area contributed by atoms with Gasteiger partial charge >= 0.3 is 0 Å². The number of hydrogen-bond donors (Lipinski definition) is 2. The minimum Gasteiger partial charge on any atom is -0.395 e. The molecule has 0 aliphatic heterocycles. The van der Waals surface area contributed by atoms with Crippen molar-refractivity contribution in [2.24, 2.45) is 17.6 Å². The molecule has 1 aliphatic carbocycles. The van der Waals surface area contributed by atoms with Crippen molar-refractivity contribution in [3.63, 3.8) is 0 Å². The molecule has 1 fully saturated rings. The predicted molar refractivity (Wildman–Crippen MR) is 68.4 cm³/mol. The first-order valence-corrected chi connectivity index (χ1v) is 6.73. The van der Waals surface area contributed by atoms with E-state index in [0.717, 1.165) is 32.2 Å². The normalized spacial score (nSPS) is 29.1. The monoisotopic (exact) mass is 242 g/mol. The summed E-state index contributed by atoms with van der Waals surface area (Å²) in [6.07, 6.45) is 3.70. The lowest BCUT2D eigenvalue weighted by molar-refractivity contribution is -0.137. The lowest BCUT2D eigenvalue weighted by Gasteiger charge is -2.34. The van der Waals surface area contributed by atoms with Crippen molar-refractivity contribution in [1.82, 2.24) is 4.90 Å². The van der Waals surface area contributed by atoms with Gasteiger partial charge in [-0.1, -0.05) is 13.8 Å². The van der Waals surface area contributed by atoms with Gasteiger partial charge in [-0.2, -0.15) is 0 Å². The Balaban J connectivity index is 2.59. The fourth-order valence-corrected chi connectivity index (χ4v) is 2.84. The minimum atomic E-state index is 0.0417. The Morgan fingerprint density at radius 1 is 1.35 bits per heavy atom. The summed E-state index contributed by atoms with van der Waals surface area (Å²) in [6, 6.07) is 0.158. The maximum atomic E-state index is 12.3. The van der Waals surface area contributed by atoms with Gasteiger partial charge in [0.05, 0.1) is 6.61 Å². The van der Waals surface area contributed by atoms with E-state index in [4.69, 9.17) is 10.8 Å². The van der Waals surface area contributed by atoms with Crippen LogP contribution in [0.25, 0.3) is 0 Å². The Bertz CT molecular complexity index is 230. The number of nitrogens with zero attached hydrogens (tertiary/aromatic N) is 1. The number of nitrogens with two attached hydrogens (primary N) is 1. The van der Waals surface area contributed by atoms with Crippen molar-refractivity contribution in [3.8, 4) is 0 Å². The topological polar surface area (TPSA) is 66.6 Å². The molecule has 0 aromatic carbocycles. The summed E-state index contributed by atoms with van der Waals surface area (Å²) in [5.74, 6) is 0.778. The molecule has 4 nitrogen and oxygen atoms in total. The van der Waals surface area contributed by atoms with Gasteiger partial charge < -0.3 is 15.7 Å². The van der Waals surface area contributed by atoms with Crippen LogP contribution in [0, 0.1) is 11.8 Å². The third-order valence-electron chi connectivity index (χ3n) is 3.50. The molecule has 0 aromatic rings. The van der Waals surface area contributed by atoms with Gasteiger partial charge in [0, 0.05) is 25.0 Å². The number of rotatable bonds is 5. The van der Waals surface area contributed by atoms with Gasteiger partial charge in [-0.15, -0.1) is 0 Å². The van der Waals surface area contributed by atoms with Gasteiger partial charge in [0.1, 0.15) is 0 Å². The molecule has 3 atom stereocenters. The van der Waals surface area contributed by atoms with E-state index in [9.17, 15) is 4.79 Å². The molecule has 3 unspecified atom stereocenters. The highest BCUT2D eigenvalue weighted by Crippen LogP contribution is 2.29. The fourth-order valence-electron chi connectivity index (χ4n) is 2.84. The van der Waals surface area contributed by atoms with Crippen LogP contribution in [0.2, 0.25) is 0 Å². The number of hydrogen-bond acceptors (Lipinski definition) is 3. The lowest BCUT2D eigenvalue weighted by atomic mass is 9.79. The summed E-state index contributed by atoms with van der Waals surface area (Å²) in [5, 5.41) is 9.00. The van der Waals surface area contributed by atoms with Crippen molar-refractivity contribution >= 4 is 5.91 Å².